The Hall–Kier alpha value is -2.32. The summed E-state index contributed by atoms with van der Waals surface area (Å²) in [4.78, 5) is 10.1. The van der Waals surface area contributed by atoms with Crippen molar-refractivity contribution in [2.75, 3.05) is 0 Å². The summed E-state index contributed by atoms with van der Waals surface area (Å²) in [6.07, 6.45) is -0.161. The molecule has 0 bridgehead atoms. The van der Waals surface area contributed by atoms with Crippen LogP contribution in [0.4, 0.5) is 8.78 Å². The number of carboxylic acids is 1. The Morgan fingerprint density at radius 2 is 1.61 bits per heavy atom. The largest absolute Gasteiger partial charge is 0.480 e. The van der Waals surface area contributed by atoms with Crippen LogP contribution >= 0.6 is 0 Å². The summed E-state index contributed by atoms with van der Waals surface area (Å²) in [6, 6.07) is 9.32. The van der Waals surface area contributed by atoms with E-state index in [1.165, 1.54) is 0 Å². The van der Waals surface area contributed by atoms with Crippen LogP contribution in [0.25, 0.3) is 0 Å². The van der Waals surface area contributed by atoms with Gasteiger partial charge in [-0.2, -0.15) is 4.72 Å². The minimum atomic E-state index is -4.67. The molecular formula is C15H13F2NO4S. The van der Waals surface area contributed by atoms with Gasteiger partial charge in [0.1, 0.15) is 17.7 Å². The van der Waals surface area contributed by atoms with Gasteiger partial charge in [-0.1, -0.05) is 36.4 Å². The SMILES string of the molecule is O=C(O)[C@@H](Cc1ccccc1)NS(=O)(=O)c1c(F)cccc1F. The zero-order chi connectivity index (χ0) is 17.0. The van der Waals surface area contributed by atoms with E-state index in [2.05, 4.69) is 0 Å². The van der Waals surface area contributed by atoms with Gasteiger partial charge in [0.2, 0.25) is 10.0 Å². The van der Waals surface area contributed by atoms with Crippen molar-refractivity contribution in [3.8, 4) is 0 Å². The van der Waals surface area contributed by atoms with Crippen LogP contribution in [0.1, 0.15) is 5.56 Å². The maximum atomic E-state index is 13.6. The van der Waals surface area contributed by atoms with Gasteiger partial charge < -0.3 is 5.11 Å². The predicted molar refractivity (Wildman–Crippen MR) is 78.2 cm³/mol. The van der Waals surface area contributed by atoms with Gasteiger partial charge in [0, 0.05) is 0 Å². The van der Waals surface area contributed by atoms with Crippen molar-refractivity contribution >= 4 is 16.0 Å². The molecule has 0 amide bonds. The highest BCUT2D eigenvalue weighted by atomic mass is 32.2. The smallest absolute Gasteiger partial charge is 0.322 e. The summed E-state index contributed by atoms with van der Waals surface area (Å²) >= 11 is 0. The van der Waals surface area contributed by atoms with Gasteiger partial charge in [0.05, 0.1) is 0 Å². The van der Waals surface area contributed by atoms with E-state index in [1.807, 2.05) is 4.72 Å². The Labute approximate surface area is 131 Å². The molecule has 0 saturated heterocycles. The summed E-state index contributed by atoms with van der Waals surface area (Å²) in [6.45, 7) is 0. The number of halogens is 2. The molecule has 0 aliphatic carbocycles. The predicted octanol–water partition coefficient (Wildman–Crippen LogP) is 1.94. The summed E-state index contributed by atoms with van der Waals surface area (Å²) in [5, 5.41) is 9.17. The average molecular weight is 341 g/mol. The number of sulfonamides is 1. The fourth-order valence-electron chi connectivity index (χ4n) is 2.01. The zero-order valence-corrected chi connectivity index (χ0v) is 12.6. The van der Waals surface area contributed by atoms with Gasteiger partial charge in [-0.15, -0.1) is 0 Å². The van der Waals surface area contributed by atoms with Gasteiger partial charge in [-0.3, -0.25) is 4.79 Å². The highest BCUT2D eigenvalue weighted by molar-refractivity contribution is 7.89. The van der Waals surface area contributed by atoms with Crippen LogP contribution in [-0.2, 0) is 21.2 Å². The minimum absolute atomic E-state index is 0.161. The monoisotopic (exact) mass is 341 g/mol. The first-order valence-corrected chi connectivity index (χ1v) is 8.02. The first-order valence-electron chi connectivity index (χ1n) is 6.54. The molecule has 2 rings (SSSR count). The van der Waals surface area contributed by atoms with E-state index in [9.17, 15) is 22.0 Å². The Morgan fingerprint density at radius 1 is 1.04 bits per heavy atom. The van der Waals surface area contributed by atoms with Crippen molar-refractivity contribution in [2.24, 2.45) is 0 Å². The van der Waals surface area contributed by atoms with Crippen molar-refractivity contribution < 1.29 is 27.1 Å². The standard InChI is InChI=1S/C15H13F2NO4S/c16-11-7-4-8-12(17)14(11)23(21,22)18-13(15(19)20)9-10-5-2-1-3-6-10/h1-8,13,18H,9H2,(H,19,20)/t13-/m1/s1. The molecule has 2 N–H and O–H groups in total. The highest BCUT2D eigenvalue weighted by Crippen LogP contribution is 2.19. The zero-order valence-electron chi connectivity index (χ0n) is 11.7. The molecule has 1 atom stereocenters. The molecule has 8 heteroatoms. The number of aliphatic carboxylic acids is 1. The van der Waals surface area contributed by atoms with E-state index in [1.54, 1.807) is 30.3 Å². The van der Waals surface area contributed by atoms with E-state index in [0.717, 1.165) is 18.2 Å². The lowest BCUT2D eigenvalue weighted by molar-refractivity contribution is -0.138. The minimum Gasteiger partial charge on any atom is -0.480 e. The van der Waals surface area contributed by atoms with E-state index in [0.29, 0.717) is 5.56 Å². The number of carboxylic acid groups (broad SMARTS) is 1. The van der Waals surface area contributed by atoms with Crippen LogP contribution in [0.15, 0.2) is 53.4 Å². The molecule has 122 valence electrons. The molecule has 23 heavy (non-hydrogen) atoms. The molecule has 0 saturated carbocycles. The average Bonchev–Trinajstić information content (AvgIpc) is 2.46. The second-order valence-corrected chi connectivity index (χ2v) is 6.40. The third-order valence-corrected chi connectivity index (χ3v) is 4.59. The number of benzene rings is 2. The number of hydrogen-bond donors (Lipinski definition) is 2. The van der Waals surface area contributed by atoms with Crippen LogP contribution in [0.2, 0.25) is 0 Å². The maximum absolute atomic E-state index is 13.6. The lowest BCUT2D eigenvalue weighted by Gasteiger charge is -2.15. The van der Waals surface area contributed by atoms with Gasteiger partial charge in [0.25, 0.3) is 0 Å². The van der Waals surface area contributed by atoms with Crippen LogP contribution in [-0.4, -0.2) is 25.5 Å². The molecule has 0 heterocycles. The lowest BCUT2D eigenvalue weighted by Crippen LogP contribution is -2.42. The fourth-order valence-corrected chi connectivity index (χ4v) is 3.34. The topological polar surface area (TPSA) is 83.5 Å². The van der Waals surface area contributed by atoms with E-state index in [4.69, 9.17) is 5.11 Å². The van der Waals surface area contributed by atoms with Gasteiger partial charge in [0.15, 0.2) is 4.90 Å². The quantitative estimate of drug-likeness (QED) is 0.841. The first kappa shape index (κ1) is 17.0. The Morgan fingerprint density at radius 3 is 2.13 bits per heavy atom. The van der Waals surface area contributed by atoms with E-state index < -0.39 is 38.6 Å². The number of hydrogen-bond acceptors (Lipinski definition) is 3. The molecule has 0 fully saturated rings. The molecule has 5 nitrogen and oxygen atoms in total. The Kier molecular flexibility index (Phi) is 5.07. The summed E-state index contributed by atoms with van der Waals surface area (Å²) in [7, 11) is -4.67. The lowest BCUT2D eigenvalue weighted by atomic mass is 10.1. The molecular weight excluding hydrogens is 328 g/mol. The van der Waals surface area contributed by atoms with Crippen molar-refractivity contribution in [3.05, 3.63) is 65.7 Å². The molecule has 0 aliphatic heterocycles. The maximum Gasteiger partial charge on any atom is 0.322 e. The third kappa shape index (κ3) is 4.11. The molecule has 0 aromatic heterocycles. The van der Waals surface area contributed by atoms with Gasteiger partial charge >= 0.3 is 5.97 Å². The van der Waals surface area contributed by atoms with Crippen molar-refractivity contribution in [3.63, 3.8) is 0 Å². The fraction of sp³-hybridized carbons (Fsp3) is 0.133. The number of nitrogens with one attached hydrogen (secondary N) is 1. The third-order valence-electron chi connectivity index (χ3n) is 3.07. The van der Waals surface area contributed by atoms with Gasteiger partial charge in [-0.25, -0.2) is 17.2 Å². The number of rotatable bonds is 6. The second kappa shape index (κ2) is 6.84. The van der Waals surface area contributed by atoms with E-state index >= 15 is 0 Å². The second-order valence-electron chi connectivity index (χ2n) is 4.75. The molecule has 2 aromatic carbocycles. The van der Waals surface area contributed by atoms with Crippen molar-refractivity contribution in [2.45, 2.75) is 17.4 Å². The highest BCUT2D eigenvalue weighted by Gasteiger charge is 2.30. The molecule has 0 unspecified atom stereocenters. The summed E-state index contributed by atoms with van der Waals surface area (Å²) < 4.78 is 53.3. The molecule has 2 aromatic rings. The first-order chi connectivity index (χ1) is 10.8. The summed E-state index contributed by atoms with van der Waals surface area (Å²) in [5.74, 6) is -4.03. The van der Waals surface area contributed by atoms with Crippen LogP contribution in [0, 0.1) is 11.6 Å². The van der Waals surface area contributed by atoms with Crippen LogP contribution in [0.5, 0.6) is 0 Å². The Bertz CT molecular complexity index is 789. The summed E-state index contributed by atoms with van der Waals surface area (Å²) in [5.41, 5.74) is 0.566. The van der Waals surface area contributed by atoms with Crippen molar-refractivity contribution in [1.82, 2.24) is 4.72 Å². The van der Waals surface area contributed by atoms with Gasteiger partial charge in [-0.05, 0) is 24.1 Å². The molecule has 0 spiro atoms. The van der Waals surface area contributed by atoms with Crippen molar-refractivity contribution in [1.29, 1.82) is 0 Å². The molecule has 0 radical (unpaired) electrons. The van der Waals surface area contributed by atoms with Crippen LogP contribution < -0.4 is 4.72 Å². The van der Waals surface area contributed by atoms with E-state index in [-0.39, 0.29) is 6.42 Å². The molecule has 0 aliphatic rings. The Balaban J connectivity index is 2.31. The van der Waals surface area contributed by atoms with Crippen LogP contribution in [0.3, 0.4) is 0 Å². The normalized spacial score (nSPS) is 12.8. The number of carbonyl (C=O) groups is 1.